The van der Waals surface area contributed by atoms with Crippen molar-refractivity contribution in [2.24, 2.45) is 0 Å². The third kappa shape index (κ3) is 4.78. The summed E-state index contributed by atoms with van der Waals surface area (Å²) < 4.78 is 4.78. The molecule has 0 bridgehead atoms. The van der Waals surface area contributed by atoms with Crippen molar-refractivity contribution in [3.05, 3.63) is 11.1 Å². The molecule has 7 heteroatoms. The number of ether oxygens (including phenoxy) is 1. The summed E-state index contributed by atoms with van der Waals surface area (Å²) in [5, 5.41) is 5.20. The maximum absolute atomic E-state index is 11.6. The summed E-state index contributed by atoms with van der Waals surface area (Å²) in [5.74, 6) is -0.350. The van der Waals surface area contributed by atoms with Crippen LogP contribution in [-0.4, -0.2) is 41.5 Å². The number of carbonyl (C=O) groups is 2. The molecule has 0 spiro atoms. The molecule has 1 fully saturated rings. The third-order valence-electron chi connectivity index (χ3n) is 3.60. The van der Waals surface area contributed by atoms with E-state index in [9.17, 15) is 9.59 Å². The number of hydrogen-bond acceptors (Lipinski definition) is 6. The number of rotatable bonds is 6. The zero-order valence-corrected chi connectivity index (χ0v) is 13.2. The van der Waals surface area contributed by atoms with Gasteiger partial charge in [0, 0.05) is 24.9 Å². The van der Waals surface area contributed by atoms with Crippen molar-refractivity contribution in [2.75, 3.05) is 19.0 Å². The number of methoxy groups -OCH3 is 1. The maximum Gasteiger partial charge on any atom is 0.319 e. The van der Waals surface area contributed by atoms with Gasteiger partial charge in [0.1, 0.15) is 0 Å². The minimum atomic E-state index is -0.223. The van der Waals surface area contributed by atoms with Crippen LogP contribution >= 0.6 is 11.3 Å². The number of amides is 1. The van der Waals surface area contributed by atoms with Crippen molar-refractivity contribution in [3.8, 4) is 0 Å². The summed E-state index contributed by atoms with van der Waals surface area (Å²) in [6.07, 6.45) is 4.63. The van der Waals surface area contributed by atoms with Crippen molar-refractivity contribution >= 4 is 28.3 Å². The highest BCUT2D eigenvalue weighted by Crippen LogP contribution is 2.25. The lowest BCUT2D eigenvalue weighted by molar-refractivity contribution is -0.142. The Bertz CT molecular complexity index is 497. The van der Waals surface area contributed by atoms with Gasteiger partial charge >= 0.3 is 5.97 Å². The zero-order valence-electron chi connectivity index (χ0n) is 12.4. The summed E-state index contributed by atoms with van der Waals surface area (Å²) in [7, 11) is 1.41. The molecule has 1 aliphatic carbocycles. The van der Waals surface area contributed by atoms with E-state index in [2.05, 4.69) is 15.2 Å². The van der Waals surface area contributed by atoms with Gasteiger partial charge in [-0.25, -0.2) is 4.98 Å². The van der Waals surface area contributed by atoms with Crippen LogP contribution in [0.5, 0.6) is 0 Å². The number of thiazole rings is 1. The van der Waals surface area contributed by atoms with Crippen LogP contribution in [0, 0.1) is 0 Å². The summed E-state index contributed by atoms with van der Waals surface area (Å²) in [6.45, 7) is 2.35. The fraction of sp³-hybridized carbons (Fsp3) is 0.643. The second kappa shape index (κ2) is 7.51. The molecule has 116 valence electrons. The minimum absolute atomic E-state index is 0.127. The van der Waals surface area contributed by atoms with Gasteiger partial charge in [-0.2, -0.15) is 0 Å². The van der Waals surface area contributed by atoms with Crippen LogP contribution in [0.15, 0.2) is 5.38 Å². The molecule has 21 heavy (non-hydrogen) atoms. The fourth-order valence-corrected chi connectivity index (χ4v) is 3.36. The lowest BCUT2D eigenvalue weighted by Gasteiger charge is -2.26. The molecule has 0 radical (unpaired) electrons. The van der Waals surface area contributed by atoms with E-state index in [1.165, 1.54) is 38.2 Å². The van der Waals surface area contributed by atoms with Crippen molar-refractivity contribution in [1.29, 1.82) is 0 Å². The Kier molecular flexibility index (Phi) is 5.69. The van der Waals surface area contributed by atoms with E-state index in [1.54, 1.807) is 0 Å². The van der Waals surface area contributed by atoms with Crippen LogP contribution in [0.25, 0.3) is 0 Å². The predicted octanol–water partition coefficient (Wildman–Crippen LogP) is 2.02. The molecule has 0 atom stereocenters. The first kappa shape index (κ1) is 15.9. The van der Waals surface area contributed by atoms with Crippen molar-refractivity contribution in [3.63, 3.8) is 0 Å². The van der Waals surface area contributed by atoms with E-state index < -0.39 is 0 Å². The average Bonchev–Trinajstić information content (AvgIpc) is 3.08. The Labute approximate surface area is 128 Å². The minimum Gasteiger partial charge on any atom is -0.468 e. The number of aromatic nitrogens is 1. The molecule has 2 rings (SSSR count). The first-order valence-electron chi connectivity index (χ1n) is 7.11. The van der Waals surface area contributed by atoms with Crippen LogP contribution in [-0.2, 0) is 20.9 Å². The number of anilines is 1. The molecular weight excluding hydrogens is 290 g/mol. The van der Waals surface area contributed by atoms with E-state index in [0.29, 0.717) is 17.7 Å². The second-order valence-corrected chi connectivity index (χ2v) is 6.10. The molecule has 0 unspecified atom stereocenters. The van der Waals surface area contributed by atoms with Gasteiger partial charge in [0.05, 0.1) is 19.3 Å². The summed E-state index contributed by atoms with van der Waals surface area (Å²) in [6, 6.07) is 0.412. The van der Waals surface area contributed by atoms with Gasteiger partial charge in [-0.05, 0) is 12.8 Å². The highest BCUT2D eigenvalue weighted by Gasteiger charge is 2.25. The first-order valence-corrected chi connectivity index (χ1v) is 7.99. The number of nitrogens with zero attached hydrogens (tertiary/aromatic N) is 2. The zero-order chi connectivity index (χ0) is 15.2. The molecule has 0 aromatic carbocycles. The molecule has 1 saturated carbocycles. The van der Waals surface area contributed by atoms with Gasteiger partial charge in [-0.1, -0.05) is 12.8 Å². The topological polar surface area (TPSA) is 71.5 Å². The lowest BCUT2D eigenvalue weighted by Crippen LogP contribution is -2.37. The normalized spacial score (nSPS) is 15.4. The Morgan fingerprint density at radius 2 is 2.19 bits per heavy atom. The molecule has 1 N–H and O–H groups in total. The molecule has 1 aromatic rings. The first-order chi connectivity index (χ1) is 10.1. The van der Waals surface area contributed by atoms with Crippen LogP contribution in [0.3, 0.4) is 0 Å². The molecule has 1 aromatic heterocycles. The van der Waals surface area contributed by atoms with Crippen LogP contribution in [0.1, 0.15) is 38.3 Å². The van der Waals surface area contributed by atoms with Gasteiger partial charge in [0.25, 0.3) is 0 Å². The Morgan fingerprint density at radius 1 is 1.48 bits per heavy atom. The standard InChI is InChI=1S/C14H21N3O3S/c1-10(18)15-14-16-11(9-21-14)7-17(8-13(19)20-2)12-5-3-4-6-12/h9,12H,3-8H2,1-2H3,(H,15,16,18). The summed E-state index contributed by atoms with van der Waals surface area (Å²) in [5.41, 5.74) is 0.875. The molecular formula is C14H21N3O3S. The number of nitrogens with one attached hydrogen (secondary N) is 1. The molecule has 1 aliphatic rings. The van der Waals surface area contributed by atoms with Gasteiger partial charge in [-0.15, -0.1) is 11.3 Å². The van der Waals surface area contributed by atoms with Gasteiger partial charge in [0.2, 0.25) is 5.91 Å². The van der Waals surface area contributed by atoms with E-state index in [0.717, 1.165) is 18.5 Å². The highest BCUT2D eigenvalue weighted by molar-refractivity contribution is 7.13. The Balaban J connectivity index is 2.01. The van der Waals surface area contributed by atoms with Crippen LogP contribution in [0.2, 0.25) is 0 Å². The van der Waals surface area contributed by atoms with E-state index in [4.69, 9.17) is 4.74 Å². The SMILES string of the molecule is COC(=O)CN(Cc1csc(NC(C)=O)n1)C1CCCC1. The smallest absolute Gasteiger partial charge is 0.319 e. The van der Waals surface area contributed by atoms with E-state index in [-0.39, 0.29) is 18.4 Å². The molecule has 6 nitrogen and oxygen atoms in total. The summed E-state index contributed by atoms with van der Waals surface area (Å²) in [4.78, 5) is 29.1. The predicted molar refractivity (Wildman–Crippen MR) is 81.1 cm³/mol. The fourth-order valence-electron chi connectivity index (χ4n) is 2.61. The molecule has 1 amide bonds. The van der Waals surface area contributed by atoms with Crippen molar-refractivity contribution < 1.29 is 14.3 Å². The largest absolute Gasteiger partial charge is 0.468 e. The third-order valence-corrected chi connectivity index (χ3v) is 4.41. The number of esters is 1. The van der Waals surface area contributed by atoms with E-state index >= 15 is 0 Å². The van der Waals surface area contributed by atoms with Gasteiger partial charge in [-0.3, -0.25) is 14.5 Å². The lowest BCUT2D eigenvalue weighted by atomic mass is 10.2. The Morgan fingerprint density at radius 3 is 2.81 bits per heavy atom. The molecule has 0 saturated heterocycles. The monoisotopic (exact) mass is 311 g/mol. The highest BCUT2D eigenvalue weighted by atomic mass is 32.1. The molecule has 0 aliphatic heterocycles. The quantitative estimate of drug-likeness (QED) is 0.814. The maximum atomic E-state index is 11.6. The van der Waals surface area contributed by atoms with Crippen LogP contribution in [0.4, 0.5) is 5.13 Å². The number of carbonyl (C=O) groups excluding carboxylic acids is 2. The van der Waals surface area contributed by atoms with Gasteiger partial charge in [0.15, 0.2) is 5.13 Å². The Hall–Kier alpha value is -1.47. The number of hydrogen-bond donors (Lipinski definition) is 1. The summed E-state index contributed by atoms with van der Waals surface area (Å²) >= 11 is 1.40. The van der Waals surface area contributed by atoms with Crippen molar-refractivity contribution in [1.82, 2.24) is 9.88 Å². The second-order valence-electron chi connectivity index (χ2n) is 5.24. The molecule has 1 heterocycles. The van der Waals surface area contributed by atoms with E-state index in [1.807, 2.05) is 5.38 Å². The van der Waals surface area contributed by atoms with Crippen LogP contribution < -0.4 is 5.32 Å². The van der Waals surface area contributed by atoms with Crippen molar-refractivity contribution in [2.45, 2.75) is 45.2 Å². The average molecular weight is 311 g/mol. The van der Waals surface area contributed by atoms with Gasteiger partial charge < -0.3 is 10.1 Å².